The van der Waals surface area contributed by atoms with E-state index in [0.717, 1.165) is 24.1 Å². The van der Waals surface area contributed by atoms with Crippen LogP contribution < -0.4 is 10.2 Å². The van der Waals surface area contributed by atoms with Gasteiger partial charge in [0.05, 0.1) is 11.3 Å². The second-order valence-electron chi connectivity index (χ2n) is 7.40. The van der Waals surface area contributed by atoms with Crippen molar-refractivity contribution >= 4 is 40.4 Å². The molecule has 0 saturated heterocycles. The van der Waals surface area contributed by atoms with E-state index in [0.29, 0.717) is 21.8 Å². The van der Waals surface area contributed by atoms with Crippen molar-refractivity contribution in [2.75, 3.05) is 10.2 Å². The van der Waals surface area contributed by atoms with Crippen LogP contribution >= 0.6 is 11.6 Å². The molecule has 1 heterocycles. The van der Waals surface area contributed by atoms with Crippen LogP contribution in [0.5, 0.6) is 0 Å². The van der Waals surface area contributed by atoms with Gasteiger partial charge >= 0.3 is 0 Å². The highest BCUT2D eigenvalue weighted by molar-refractivity contribution is 6.46. The molecule has 1 aliphatic rings. The van der Waals surface area contributed by atoms with Crippen LogP contribution in [0.4, 0.5) is 11.4 Å². The monoisotopic (exact) mass is 430 g/mol. The maximum absolute atomic E-state index is 13.4. The van der Waals surface area contributed by atoms with E-state index in [1.807, 2.05) is 48.5 Å². The van der Waals surface area contributed by atoms with Gasteiger partial charge in [0.1, 0.15) is 5.70 Å². The minimum absolute atomic E-state index is 0.260. The Balaban J connectivity index is 1.77. The fourth-order valence-electron chi connectivity index (χ4n) is 3.61. The van der Waals surface area contributed by atoms with E-state index < -0.39 is 0 Å². The molecule has 1 N–H and O–H groups in total. The van der Waals surface area contributed by atoms with Crippen molar-refractivity contribution in [3.8, 4) is 0 Å². The van der Waals surface area contributed by atoms with Gasteiger partial charge in [0.2, 0.25) is 0 Å². The van der Waals surface area contributed by atoms with Crippen LogP contribution in [0.15, 0.2) is 78.5 Å². The molecule has 0 unspecified atom stereocenters. The minimum Gasteiger partial charge on any atom is -0.350 e. The third-order valence-electron chi connectivity index (χ3n) is 5.45. The van der Waals surface area contributed by atoms with E-state index in [9.17, 15) is 9.59 Å². The summed E-state index contributed by atoms with van der Waals surface area (Å²) in [4.78, 5) is 28.1. The van der Waals surface area contributed by atoms with Crippen molar-refractivity contribution < 1.29 is 9.59 Å². The summed E-state index contributed by atoms with van der Waals surface area (Å²) >= 11 is 6.04. The number of carbonyl (C=O) groups excluding carboxylic acids is 2. The van der Waals surface area contributed by atoms with Crippen LogP contribution in [0.3, 0.4) is 0 Å². The maximum Gasteiger partial charge on any atom is 0.282 e. The van der Waals surface area contributed by atoms with Gasteiger partial charge in [0, 0.05) is 10.7 Å². The number of carbonyl (C=O) groups is 2. The number of halogens is 1. The van der Waals surface area contributed by atoms with E-state index >= 15 is 0 Å². The SMILES string of the molecule is CCc1ccc(NC2=C(c3ccc(Cl)cc3)C(=O)N(c3ccc(CC)cc3)C2=O)cc1. The largest absolute Gasteiger partial charge is 0.350 e. The number of benzene rings is 3. The molecule has 4 nitrogen and oxygen atoms in total. The number of hydrogen-bond acceptors (Lipinski definition) is 3. The minimum atomic E-state index is -0.376. The number of amides is 2. The molecule has 156 valence electrons. The van der Waals surface area contributed by atoms with Crippen LogP contribution in [0.2, 0.25) is 5.02 Å². The quantitative estimate of drug-likeness (QED) is 0.498. The summed E-state index contributed by atoms with van der Waals surface area (Å²) in [5, 5.41) is 3.76. The highest BCUT2D eigenvalue weighted by atomic mass is 35.5. The molecule has 0 aliphatic carbocycles. The molecule has 2 amide bonds. The number of rotatable bonds is 6. The highest BCUT2D eigenvalue weighted by Crippen LogP contribution is 2.34. The lowest BCUT2D eigenvalue weighted by Gasteiger charge is -2.16. The van der Waals surface area contributed by atoms with Gasteiger partial charge < -0.3 is 5.32 Å². The molecule has 0 atom stereocenters. The van der Waals surface area contributed by atoms with E-state index in [4.69, 9.17) is 11.6 Å². The number of aryl methyl sites for hydroxylation is 2. The molecule has 0 spiro atoms. The Hall–Kier alpha value is -3.37. The molecule has 1 aliphatic heterocycles. The van der Waals surface area contributed by atoms with E-state index in [-0.39, 0.29) is 17.5 Å². The Morgan fingerprint density at radius 2 is 1.29 bits per heavy atom. The molecule has 0 aromatic heterocycles. The van der Waals surface area contributed by atoms with Gasteiger partial charge in [-0.1, -0.05) is 61.8 Å². The lowest BCUT2D eigenvalue weighted by atomic mass is 10.0. The number of nitrogens with one attached hydrogen (secondary N) is 1. The summed E-state index contributed by atoms with van der Waals surface area (Å²) in [5.41, 5.74) is 4.88. The van der Waals surface area contributed by atoms with Gasteiger partial charge in [0.15, 0.2) is 0 Å². The van der Waals surface area contributed by atoms with E-state index in [1.165, 1.54) is 10.5 Å². The first-order valence-corrected chi connectivity index (χ1v) is 10.7. The zero-order valence-corrected chi connectivity index (χ0v) is 18.2. The van der Waals surface area contributed by atoms with Crippen LogP contribution in [-0.4, -0.2) is 11.8 Å². The average Bonchev–Trinajstić information content (AvgIpc) is 3.04. The second-order valence-corrected chi connectivity index (χ2v) is 7.83. The van der Waals surface area contributed by atoms with Crippen molar-refractivity contribution in [1.29, 1.82) is 0 Å². The summed E-state index contributed by atoms with van der Waals surface area (Å²) < 4.78 is 0. The number of nitrogens with zero attached hydrogens (tertiary/aromatic N) is 1. The van der Waals surface area contributed by atoms with Crippen molar-refractivity contribution in [2.45, 2.75) is 26.7 Å². The third-order valence-corrected chi connectivity index (χ3v) is 5.70. The number of anilines is 2. The molecule has 3 aromatic carbocycles. The molecule has 0 fully saturated rings. The van der Waals surface area contributed by atoms with Crippen LogP contribution in [-0.2, 0) is 22.4 Å². The first-order chi connectivity index (χ1) is 15.0. The van der Waals surface area contributed by atoms with Crippen molar-refractivity contribution in [1.82, 2.24) is 0 Å². The van der Waals surface area contributed by atoms with Crippen molar-refractivity contribution in [3.63, 3.8) is 0 Å². The predicted octanol–water partition coefficient (Wildman–Crippen LogP) is 5.86. The molecular formula is C26H23ClN2O2. The molecular weight excluding hydrogens is 408 g/mol. The summed E-state index contributed by atoms with van der Waals surface area (Å²) in [5.74, 6) is -0.733. The standard InChI is InChI=1S/C26H23ClN2O2/c1-3-17-5-13-21(14-6-17)28-24-23(19-9-11-20(27)12-10-19)25(30)29(26(24)31)22-15-7-18(4-2)8-16-22/h5-16,28H,3-4H2,1-2H3. The Labute approximate surface area is 187 Å². The molecule has 31 heavy (non-hydrogen) atoms. The summed E-state index contributed by atoms with van der Waals surface area (Å²) in [6.45, 7) is 4.15. The number of imide groups is 1. The van der Waals surface area contributed by atoms with E-state index in [1.54, 1.807) is 24.3 Å². The third kappa shape index (κ3) is 4.12. The fraction of sp³-hybridized carbons (Fsp3) is 0.154. The van der Waals surface area contributed by atoms with Gasteiger partial charge in [-0.3, -0.25) is 9.59 Å². The summed E-state index contributed by atoms with van der Waals surface area (Å²) in [6.07, 6.45) is 1.81. The maximum atomic E-state index is 13.4. The Morgan fingerprint density at radius 3 is 1.84 bits per heavy atom. The molecule has 0 radical (unpaired) electrons. The lowest BCUT2D eigenvalue weighted by Crippen LogP contribution is -2.32. The average molecular weight is 431 g/mol. The van der Waals surface area contributed by atoms with Gasteiger partial charge in [-0.15, -0.1) is 0 Å². The molecule has 0 bridgehead atoms. The molecule has 3 aromatic rings. The zero-order chi connectivity index (χ0) is 22.0. The lowest BCUT2D eigenvalue weighted by molar-refractivity contribution is -0.120. The van der Waals surface area contributed by atoms with Gasteiger partial charge in [-0.25, -0.2) is 4.90 Å². The first-order valence-electron chi connectivity index (χ1n) is 10.4. The Kier molecular flexibility index (Phi) is 5.92. The van der Waals surface area contributed by atoms with Crippen molar-refractivity contribution in [3.05, 3.63) is 100 Å². The van der Waals surface area contributed by atoms with Crippen LogP contribution in [0.1, 0.15) is 30.5 Å². The Morgan fingerprint density at radius 1 is 0.742 bits per heavy atom. The highest BCUT2D eigenvalue weighted by Gasteiger charge is 2.40. The van der Waals surface area contributed by atoms with E-state index in [2.05, 4.69) is 19.2 Å². The van der Waals surface area contributed by atoms with Crippen LogP contribution in [0, 0.1) is 0 Å². The van der Waals surface area contributed by atoms with Crippen molar-refractivity contribution in [2.24, 2.45) is 0 Å². The van der Waals surface area contributed by atoms with Gasteiger partial charge in [-0.2, -0.15) is 0 Å². The molecule has 5 heteroatoms. The van der Waals surface area contributed by atoms with Crippen LogP contribution in [0.25, 0.3) is 5.57 Å². The number of hydrogen-bond donors (Lipinski definition) is 1. The van der Waals surface area contributed by atoms with Gasteiger partial charge in [-0.05, 0) is 65.9 Å². The topological polar surface area (TPSA) is 49.4 Å². The zero-order valence-electron chi connectivity index (χ0n) is 17.5. The summed E-state index contributed by atoms with van der Waals surface area (Å²) in [7, 11) is 0. The predicted molar refractivity (Wildman–Crippen MR) is 126 cm³/mol. The normalized spacial score (nSPS) is 13.8. The molecule has 4 rings (SSSR count). The Bertz CT molecular complexity index is 1150. The molecule has 0 saturated carbocycles. The summed E-state index contributed by atoms with van der Waals surface area (Å²) in [6, 6.07) is 22.3. The first kappa shape index (κ1) is 20.9. The second kappa shape index (κ2) is 8.78. The smallest absolute Gasteiger partial charge is 0.282 e. The fourth-order valence-corrected chi connectivity index (χ4v) is 3.74. The van der Waals surface area contributed by atoms with Gasteiger partial charge in [0.25, 0.3) is 11.8 Å².